The molecule has 7 nitrogen and oxygen atoms in total. The topological polar surface area (TPSA) is 60.9 Å². The van der Waals surface area contributed by atoms with Gasteiger partial charge in [0.05, 0.1) is 19.1 Å². The molecule has 1 aromatic heterocycles. The summed E-state index contributed by atoms with van der Waals surface area (Å²) in [5, 5.41) is 3.20. The van der Waals surface area contributed by atoms with Crippen molar-refractivity contribution in [1.29, 1.82) is 0 Å². The van der Waals surface area contributed by atoms with Gasteiger partial charge in [-0.2, -0.15) is 0 Å². The highest BCUT2D eigenvalue weighted by atomic mass is 16.5. The van der Waals surface area contributed by atoms with Crippen molar-refractivity contribution in [1.82, 2.24) is 25.0 Å². The number of piperidine rings is 2. The number of carbonyl (C=O) groups is 1. The summed E-state index contributed by atoms with van der Waals surface area (Å²) in [5.74, 6) is 0.404. The quantitative estimate of drug-likeness (QED) is 0.722. The molecule has 1 unspecified atom stereocenters. The first-order valence-electron chi connectivity index (χ1n) is 11.7. The average Bonchev–Trinajstić information content (AvgIpc) is 2.81. The molecule has 1 aromatic rings. The Hall–Kier alpha value is -1.54. The molecule has 0 saturated carbocycles. The summed E-state index contributed by atoms with van der Waals surface area (Å²) in [6.07, 6.45) is 8.33. The Morgan fingerprint density at radius 1 is 1.03 bits per heavy atom. The van der Waals surface area contributed by atoms with Crippen LogP contribution in [0.25, 0.3) is 0 Å². The lowest BCUT2D eigenvalue weighted by atomic mass is 9.93. The first-order valence-corrected chi connectivity index (χ1v) is 11.7. The zero-order valence-corrected chi connectivity index (χ0v) is 18.2. The zero-order valence-electron chi connectivity index (χ0n) is 18.2. The van der Waals surface area contributed by atoms with Crippen LogP contribution in [-0.4, -0.2) is 97.2 Å². The van der Waals surface area contributed by atoms with Crippen LogP contribution in [0.15, 0.2) is 24.5 Å². The summed E-state index contributed by atoms with van der Waals surface area (Å²) in [4.78, 5) is 24.4. The lowest BCUT2D eigenvalue weighted by Gasteiger charge is -2.42. The van der Waals surface area contributed by atoms with Crippen LogP contribution < -0.4 is 5.32 Å². The second-order valence-corrected chi connectivity index (χ2v) is 8.94. The van der Waals surface area contributed by atoms with Crippen LogP contribution >= 0.6 is 0 Å². The van der Waals surface area contributed by atoms with Crippen molar-refractivity contribution in [3.05, 3.63) is 30.1 Å². The molecule has 3 saturated heterocycles. The highest BCUT2D eigenvalue weighted by Crippen LogP contribution is 2.24. The van der Waals surface area contributed by atoms with Crippen LogP contribution in [0.4, 0.5) is 0 Å². The summed E-state index contributed by atoms with van der Waals surface area (Å²) in [7, 11) is 0. The van der Waals surface area contributed by atoms with Gasteiger partial charge >= 0.3 is 0 Å². The van der Waals surface area contributed by atoms with Crippen LogP contribution in [0.5, 0.6) is 0 Å². The summed E-state index contributed by atoms with van der Waals surface area (Å²) >= 11 is 0. The number of likely N-dealkylation sites (tertiary alicyclic amines) is 2. The highest BCUT2D eigenvalue weighted by Gasteiger charge is 2.31. The van der Waals surface area contributed by atoms with E-state index in [1.165, 1.54) is 18.4 Å². The van der Waals surface area contributed by atoms with Crippen molar-refractivity contribution in [2.75, 3.05) is 65.6 Å². The van der Waals surface area contributed by atoms with Gasteiger partial charge < -0.3 is 10.1 Å². The number of nitrogens with zero attached hydrogens (tertiary/aromatic N) is 4. The number of carbonyl (C=O) groups excluding carboxylic acids is 1. The number of ether oxygens (including phenoxy) is 1. The average molecular weight is 416 g/mol. The molecule has 30 heavy (non-hydrogen) atoms. The maximum atomic E-state index is 12.7. The molecule has 166 valence electrons. The van der Waals surface area contributed by atoms with Crippen LogP contribution in [0.1, 0.15) is 31.2 Å². The van der Waals surface area contributed by atoms with Crippen molar-refractivity contribution in [3.8, 4) is 0 Å². The second-order valence-electron chi connectivity index (χ2n) is 8.94. The maximum absolute atomic E-state index is 12.7. The lowest BCUT2D eigenvalue weighted by molar-refractivity contribution is -0.127. The minimum atomic E-state index is 0.151. The van der Waals surface area contributed by atoms with Crippen molar-refractivity contribution in [2.24, 2.45) is 5.92 Å². The highest BCUT2D eigenvalue weighted by molar-refractivity contribution is 5.78. The van der Waals surface area contributed by atoms with Crippen molar-refractivity contribution < 1.29 is 9.53 Å². The molecule has 0 radical (unpaired) electrons. The van der Waals surface area contributed by atoms with Gasteiger partial charge in [0.2, 0.25) is 5.91 Å². The summed E-state index contributed by atoms with van der Waals surface area (Å²) in [5.41, 5.74) is 1.34. The Labute approximate surface area is 180 Å². The van der Waals surface area contributed by atoms with Crippen LogP contribution in [0.2, 0.25) is 0 Å². The van der Waals surface area contributed by atoms with E-state index in [4.69, 9.17) is 4.74 Å². The fourth-order valence-corrected chi connectivity index (χ4v) is 5.05. The molecule has 0 aromatic carbocycles. The second kappa shape index (κ2) is 11.2. The smallest absolute Gasteiger partial charge is 0.224 e. The number of hydrogen-bond donors (Lipinski definition) is 1. The number of pyridine rings is 1. The minimum absolute atomic E-state index is 0.151. The standard InChI is InChI=1S/C23H37N5O2/c29-23(25-9-13-26-14-16-30-17-15-26)21-2-1-10-28(19-21)22-5-11-27(12-6-22)18-20-3-7-24-8-4-20/h3-4,7-8,21-22H,1-2,5-6,9-19H2,(H,25,29). The third kappa shape index (κ3) is 6.23. The van der Waals surface area contributed by atoms with E-state index in [0.29, 0.717) is 6.04 Å². The third-order valence-corrected chi connectivity index (χ3v) is 6.88. The summed E-state index contributed by atoms with van der Waals surface area (Å²) in [6, 6.07) is 4.85. The molecule has 3 aliphatic heterocycles. The van der Waals surface area contributed by atoms with E-state index in [0.717, 1.165) is 85.0 Å². The maximum Gasteiger partial charge on any atom is 0.224 e. The van der Waals surface area contributed by atoms with Crippen LogP contribution in [0, 0.1) is 5.92 Å². The molecule has 0 bridgehead atoms. The number of rotatable bonds is 7. The molecule has 3 fully saturated rings. The van der Waals surface area contributed by atoms with Crippen molar-refractivity contribution >= 4 is 5.91 Å². The number of nitrogens with one attached hydrogen (secondary N) is 1. The largest absolute Gasteiger partial charge is 0.379 e. The van der Waals surface area contributed by atoms with E-state index in [9.17, 15) is 4.79 Å². The van der Waals surface area contributed by atoms with Gasteiger partial charge in [-0.1, -0.05) is 0 Å². The molecule has 0 spiro atoms. The first kappa shape index (κ1) is 21.7. The fourth-order valence-electron chi connectivity index (χ4n) is 5.05. The molecule has 4 rings (SSSR count). The Balaban J connectivity index is 1.17. The summed E-state index contributed by atoms with van der Waals surface area (Å²) < 4.78 is 5.39. The Morgan fingerprint density at radius 2 is 1.80 bits per heavy atom. The van der Waals surface area contributed by atoms with E-state index in [1.807, 2.05) is 12.4 Å². The minimum Gasteiger partial charge on any atom is -0.379 e. The number of hydrogen-bond acceptors (Lipinski definition) is 6. The van der Waals surface area contributed by atoms with E-state index < -0.39 is 0 Å². The molecule has 4 heterocycles. The SMILES string of the molecule is O=C(NCCN1CCOCC1)C1CCCN(C2CCN(Cc3ccncc3)CC2)C1. The molecule has 1 N–H and O–H groups in total. The normalized spacial score (nSPS) is 25.3. The molecule has 1 atom stereocenters. The lowest BCUT2D eigenvalue weighted by Crippen LogP contribution is -2.51. The predicted molar refractivity (Wildman–Crippen MR) is 117 cm³/mol. The van der Waals surface area contributed by atoms with E-state index in [2.05, 4.69) is 37.1 Å². The number of amides is 1. The Bertz CT molecular complexity index is 644. The first-order chi connectivity index (χ1) is 14.8. The summed E-state index contributed by atoms with van der Waals surface area (Å²) in [6.45, 7) is 10.6. The number of morpholine rings is 1. The van der Waals surface area contributed by atoms with Crippen molar-refractivity contribution in [2.45, 2.75) is 38.3 Å². The van der Waals surface area contributed by atoms with Crippen LogP contribution in [0.3, 0.4) is 0 Å². The Morgan fingerprint density at radius 3 is 2.57 bits per heavy atom. The zero-order chi connectivity index (χ0) is 20.6. The molecular weight excluding hydrogens is 378 g/mol. The predicted octanol–water partition coefficient (Wildman–Crippen LogP) is 1.21. The molecule has 3 aliphatic rings. The fraction of sp³-hybridized carbons (Fsp3) is 0.739. The van der Waals surface area contributed by atoms with Gasteiger partial charge in [0.1, 0.15) is 0 Å². The van der Waals surface area contributed by atoms with Gasteiger partial charge in [-0.3, -0.25) is 24.5 Å². The van der Waals surface area contributed by atoms with E-state index in [1.54, 1.807) is 0 Å². The van der Waals surface area contributed by atoms with E-state index >= 15 is 0 Å². The molecule has 7 heteroatoms. The third-order valence-electron chi connectivity index (χ3n) is 6.88. The number of aromatic nitrogens is 1. The molecule has 0 aliphatic carbocycles. The van der Waals surface area contributed by atoms with Gasteiger partial charge in [-0.15, -0.1) is 0 Å². The van der Waals surface area contributed by atoms with Crippen LogP contribution in [-0.2, 0) is 16.1 Å². The monoisotopic (exact) mass is 415 g/mol. The Kier molecular flexibility index (Phi) is 8.08. The van der Waals surface area contributed by atoms with Crippen molar-refractivity contribution in [3.63, 3.8) is 0 Å². The van der Waals surface area contributed by atoms with Gasteiger partial charge in [-0.25, -0.2) is 0 Å². The molecular formula is C23H37N5O2. The molecule has 1 amide bonds. The van der Waals surface area contributed by atoms with Gasteiger partial charge in [0.15, 0.2) is 0 Å². The van der Waals surface area contributed by atoms with Gasteiger partial charge in [0.25, 0.3) is 0 Å². The van der Waals surface area contributed by atoms with E-state index in [-0.39, 0.29) is 11.8 Å². The van der Waals surface area contributed by atoms with Gasteiger partial charge in [0, 0.05) is 57.7 Å². The van der Waals surface area contributed by atoms with Gasteiger partial charge in [-0.05, 0) is 63.0 Å².